The van der Waals surface area contributed by atoms with E-state index in [4.69, 9.17) is 0 Å². The topological polar surface area (TPSA) is 15.3 Å². The van der Waals surface area contributed by atoms with Gasteiger partial charge in [-0.25, -0.2) is 0 Å². The zero-order valence-corrected chi connectivity index (χ0v) is 11.8. The molecule has 0 saturated carbocycles. The van der Waals surface area contributed by atoms with Crippen LogP contribution in [0.15, 0.2) is 0 Å². The van der Waals surface area contributed by atoms with Crippen LogP contribution in [0.4, 0.5) is 0 Å². The number of nitrogens with one attached hydrogen (secondary N) is 1. The van der Waals surface area contributed by atoms with Crippen LogP contribution in [0.25, 0.3) is 0 Å². The molecule has 1 aliphatic heterocycles. The Balaban J connectivity index is 2.13. The van der Waals surface area contributed by atoms with Gasteiger partial charge in [0.25, 0.3) is 0 Å². The highest BCUT2D eigenvalue weighted by atomic mass is 15.2. The van der Waals surface area contributed by atoms with E-state index in [1.54, 1.807) is 0 Å². The predicted octanol–water partition coefficient (Wildman–Crippen LogP) is 2.60. The van der Waals surface area contributed by atoms with Gasteiger partial charge >= 0.3 is 0 Å². The molecular formula is C14H30N2. The lowest BCUT2D eigenvalue weighted by atomic mass is 10.0. The first-order valence-corrected chi connectivity index (χ1v) is 6.95. The standard InChI is InChI=1S/C14H30N2/c1-11(2)8-15-7-6-14(5)16-9-12(3)13(4)10-16/h11-15H,6-10H2,1-5H3. The van der Waals surface area contributed by atoms with E-state index in [2.05, 4.69) is 44.8 Å². The molecule has 0 amide bonds. The van der Waals surface area contributed by atoms with E-state index in [0.29, 0.717) is 0 Å². The van der Waals surface area contributed by atoms with Gasteiger partial charge in [0.2, 0.25) is 0 Å². The van der Waals surface area contributed by atoms with Crippen molar-refractivity contribution in [3.8, 4) is 0 Å². The van der Waals surface area contributed by atoms with Gasteiger partial charge in [-0.05, 0) is 44.2 Å². The van der Waals surface area contributed by atoms with Crippen LogP contribution in [0.5, 0.6) is 0 Å². The van der Waals surface area contributed by atoms with Gasteiger partial charge in [-0.3, -0.25) is 0 Å². The van der Waals surface area contributed by atoms with Crippen molar-refractivity contribution in [1.82, 2.24) is 10.2 Å². The Hall–Kier alpha value is -0.0800. The summed E-state index contributed by atoms with van der Waals surface area (Å²) in [5, 5.41) is 3.53. The van der Waals surface area contributed by atoms with Gasteiger partial charge in [0.1, 0.15) is 0 Å². The summed E-state index contributed by atoms with van der Waals surface area (Å²) in [6.45, 7) is 16.6. The summed E-state index contributed by atoms with van der Waals surface area (Å²) in [7, 11) is 0. The van der Waals surface area contributed by atoms with Crippen molar-refractivity contribution in [3.05, 3.63) is 0 Å². The van der Waals surface area contributed by atoms with Gasteiger partial charge in [0, 0.05) is 19.1 Å². The molecule has 0 radical (unpaired) electrons. The summed E-state index contributed by atoms with van der Waals surface area (Å²) in [4.78, 5) is 2.66. The molecule has 1 heterocycles. The van der Waals surface area contributed by atoms with Gasteiger partial charge in [0.05, 0.1) is 0 Å². The van der Waals surface area contributed by atoms with E-state index < -0.39 is 0 Å². The Labute approximate surface area is 102 Å². The van der Waals surface area contributed by atoms with Gasteiger partial charge in [-0.2, -0.15) is 0 Å². The number of likely N-dealkylation sites (tertiary alicyclic amines) is 1. The molecule has 1 N–H and O–H groups in total. The fourth-order valence-electron chi connectivity index (χ4n) is 2.42. The molecule has 0 aromatic heterocycles. The van der Waals surface area contributed by atoms with Crippen molar-refractivity contribution in [1.29, 1.82) is 0 Å². The molecule has 2 nitrogen and oxygen atoms in total. The third-order valence-corrected chi connectivity index (χ3v) is 3.93. The monoisotopic (exact) mass is 226 g/mol. The molecule has 0 aliphatic carbocycles. The lowest BCUT2D eigenvalue weighted by Gasteiger charge is -2.24. The zero-order valence-electron chi connectivity index (χ0n) is 11.8. The summed E-state index contributed by atoms with van der Waals surface area (Å²) in [5.41, 5.74) is 0. The molecule has 0 bridgehead atoms. The summed E-state index contributed by atoms with van der Waals surface area (Å²) < 4.78 is 0. The Morgan fingerprint density at radius 1 is 1.12 bits per heavy atom. The Bertz CT molecular complexity index is 181. The van der Waals surface area contributed by atoms with Crippen molar-refractivity contribution < 1.29 is 0 Å². The van der Waals surface area contributed by atoms with Crippen LogP contribution in [0.1, 0.15) is 41.0 Å². The summed E-state index contributed by atoms with van der Waals surface area (Å²) >= 11 is 0. The van der Waals surface area contributed by atoms with Crippen molar-refractivity contribution in [2.45, 2.75) is 47.1 Å². The van der Waals surface area contributed by atoms with Crippen LogP contribution in [0.3, 0.4) is 0 Å². The molecule has 16 heavy (non-hydrogen) atoms. The second kappa shape index (κ2) is 6.61. The smallest absolute Gasteiger partial charge is 0.00792 e. The molecule has 1 fully saturated rings. The van der Waals surface area contributed by atoms with Crippen LogP contribution in [-0.4, -0.2) is 37.1 Å². The molecule has 2 heteroatoms. The second-order valence-electron chi connectivity index (χ2n) is 6.14. The minimum absolute atomic E-state index is 0.743. The van der Waals surface area contributed by atoms with E-state index in [1.165, 1.54) is 26.1 Å². The average molecular weight is 226 g/mol. The first kappa shape index (κ1) is 14.0. The van der Waals surface area contributed by atoms with Crippen LogP contribution in [0.2, 0.25) is 0 Å². The molecule has 1 saturated heterocycles. The highest BCUT2D eigenvalue weighted by molar-refractivity contribution is 4.82. The van der Waals surface area contributed by atoms with Crippen molar-refractivity contribution >= 4 is 0 Å². The minimum atomic E-state index is 0.743. The molecule has 1 rings (SSSR count). The third-order valence-electron chi connectivity index (χ3n) is 3.93. The molecule has 0 aromatic rings. The van der Waals surface area contributed by atoms with Crippen LogP contribution >= 0.6 is 0 Å². The summed E-state index contributed by atoms with van der Waals surface area (Å²) in [6, 6.07) is 0.743. The van der Waals surface area contributed by atoms with Gasteiger partial charge in [-0.15, -0.1) is 0 Å². The van der Waals surface area contributed by atoms with Gasteiger partial charge in [0.15, 0.2) is 0 Å². The lowest BCUT2D eigenvalue weighted by molar-refractivity contribution is 0.234. The predicted molar refractivity (Wildman–Crippen MR) is 71.7 cm³/mol. The van der Waals surface area contributed by atoms with Crippen molar-refractivity contribution in [3.63, 3.8) is 0 Å². The zero-order chi connectivity index (χ0) is 12.1. The highest BCUT2D eigenvalue weighted by Gasteiger charge is 2.28. The number of hydrogen-bond acceptors (Lipinski definition) is 2. The molecule has 3 unspecified atom stereocenters. The molecule has 96 valence electrons. The number of rotatable bonds is 6. The normalized spacial score (nSPS) is 28.9. The van der Waals surface area contributed by atoms with E-state index in [-0.39, 0.29) is 0 Å². The quantitative estimate of drug-likeness (QED) is 0.700. The van der Waals surface area contributed by atoms with Crippen LogP contribution in [-0.2, 0) is 0 Å². The minimum Gasteiger partial charge on any atom is -0.316 e. The maximum Gasteiger partial charge on any atom is 0.00792 e. The Kier molecular flexibility index (Phi) is 5.77. The number of hydrogen-bond donors (Lipinski definition) is 1. The van der Waals surface area contributed by atoms with E-state index in [9.17, 15) is 0 Å². The van der Waals surface area contributed by atoms with E-state index in [1.807, 2.05) is 0 Å². The molecule has 0 aromatic carbocycles. The van der Waals surface area contributed by atoms with Gasteiger partial charge < -0.3 is 10.2 Å². The SMILES string of the molecule is CC(C)CNCCC(C)N1CC(C)C(C)C1. The maximum atomic E-state index is 3.53. The second-order valence-corrected chi connectivity index (χ2v) is 6.14. The Morgan fingerprint density at radius 3 is 2.19 bits per heavy atom. The first-order chi connectivity index (χ1) is 7.50. The largest absolute Gasteiger partial charge is 0.316 e. The van der Waals surface area contributed by atoms with Gasteiger partial charge in [-0.1, -0.05) is 27.7 Å². The third kappa shape index (κ3) is 4.42. The first-order valence-electron chi connectivity index (χ1n) is 6.95. The fraction of sp³-hybridized carbons (Fsp3) is 1.00. The molecule has 3 atom stereocenters. The number of nitrogens with zero attached hydrogens (tertiary/aromatic N) is 1. The highest BCUT2D eigenvalue weighted by Crippen LogP contribution is 2.24. The molecule has 1 aliphatic rings. The summed E-state index contributed by atoms with van der Waals surface area (Å²) in [6.07, 6.45) is 1.28. The summed E-state index contributed by atoms with van der Waals surface area (Å²) in [5.74, 6) is 2.53. The Morgan fingerprint density at radius 2 is 1.69 bits per heavy atom. The van der Waals surface area contributed by atoms with E-state index in [0.717, 1.165) is 30.3 Å². The fourth-order valence-corrected chi connectivity index (χ4v) is 2.42. The van der Waals surface area contributed by atoms with E-state index >= 15 is 0 Å². The van der Waals surface area contributed by atoms with Crippen LogP contribution < -0.4 is 5.32 Å². The molecular weight excluding hydrogens is 196 g/mol. The molecule has 0 spiro atoms. The van der Waals surface area contributed by atoms with Crippen molar-refractivity contribution in [2.24, 2.45) is 17.8 Å². The van der Waals surface area contributed by atoms with Crippen LogP contribution in [0, 0.1) is 17.8 Å². The van der Waals surface area contributed by atoms with Crippen molar-refractivity contribution in [2.75, 3.05) is 26.2 Å². The lowest BCUT2D eigenvalue weighted by Crippen LogP contribution is -2.34. The average Bonchev–Trinajstić information content (AvgIpc) is 2.54. The maximum absolute atomic E-state index is 3.53.